The highest BCUT2D eigenvalue weighted by molar-refractivity contribution is 8.18. The zero-order valence-electron chi connectivity index (χ0n) is 13.2. The van der Waals surface area contributed by atoms with E-state index in [-0.39, 0.29) is 5.91 Å². The van der Waals surface area contributed by atoms with Crippen molar-refractivity contribution in [3.63, 3.8) is 0 Å². The number of hydrogen-bond donors (Lipinski definition) is 1. The Morgan fingerprint density at radius 3 is 2.67 bits per heavy atom. The van der Waals surface area contributed by atoms with Crippen molar-refractivity contribution in [2.24, 2.45) is 4.99 Å². The average molecular weight is 359 g/mol. The van der Waals surface area contributed by atoms with E-state index in [9.17, 15) is 4.79 Å². The molecular weight excluding hydrogens is 344 g/mol. The van der Waals surface area contributed by atoms with E-state index in [0.717, 1.165) is 16.8 Å². The summed E-state index contributed by atoms with van der Waals surface area (Å²) in [5.41, 5.74) is 2.71. The standard InChI is InChI=1S/C18H15ClN2O2S/c1-11-3-6-14(7-4-11)20-18-21-17(22)16(24-18)10-12-9-13(19)5-8-15(12)23-2/h3-10H,1-2H3,(H,20,21,22). The number of nitrogens with zero attached hydrogens (tertiary/aromatic N) is 1. The van der Waals surface area contributed by atoms with Gasteiger partial charge in [-0.15, -0.1) is 0 Å². The molecule has 6 heteroatoms. The fraction of sp³-hybridized carbons (Fsp3) is 0.111. The van der Waals surface area contributed by atoms with Crippen LogP contribution in [0.5, 0.6) is 5.75 Å². The number of amides is 1. The maximum Gasteiger partial charge on any atom is 0.264 e. The SMILES string of the molecule is COc1ccc(Cl)cc1C=C1SC(=Nc2ccc(C)cc2)NC1=O. The largest absolute Gasteiger partial charge is 0.496 e. The summed E-state index contributed by atoms with van der Waals surface area (Å²) in [5.74, 6) is 0.470. The Morgan fingerprint density at radius 1 is 1.21 bits per heavy atom. The molecule has 0 saturated carbocycles. The Bertz CT molecular complexity index is 845. The molecule has 0 unspecified atom stereocenters. The molecule has 2 aromatic rings. The van der Waals surface area contributed by atoms with Crippen molar-refractivity contribution >= 4 is 46.2 Å². The molecule has 1 aliphatic rings. The van der Waals surface area contributed by atoms with Crippen molar-refractivity contribution in [2.45, 2.75) is 6.92 Å². The number of carbonyl (C=O) groups is 1. The minimum atomic E-state index is -0.187. The molecule has 1 fully saturated rings. The van der Waals surface area contributed by atoms with Crippen LogP contribution in [0, 0.1) is 6.92 Å². The molecule has 122 valence electrons. The summed E-state index contributed by atoms with van der Waals surface area (Å²) in [6, 6.07) is 13.1. The summed E-state index contributed by atoms with van der Waals surface area (Å²) in [6.45, 7) is 2.02. The zero-order valence-corrected chi connectivity index (χ0v) is 14.7. The highest BCUT2D eigenvalue weighted by Gasteiger charge is 2.24. The highest BCUT2D eigenvalue weighted by atomic mass is 35.5. The summed E-state index contributed by atoms with van der Waals surface area (Å²) >= 11 is 7.32. The number of aliphatic imine (C=N–C) groups is 1. The maximum absolute atomic E-state index is 12.2. The van der Waals surface area contributed by atoms with Crippen molar-refractivity contribution < 1.29 is 9.53 Å². The second kappa shape index (κ2) is 7.11. The van der Waals surface area contributed by atoms with E-state index in [4.69, 9.17) is 16.3 Å². The monoisotopic (exact) mass is 358 g/mol. The molecule has 3 rings (SSSR count). The van der Waals surface area contributed by atoms with Gasteiger partial charge in [0.2, 0.25) is 0 Å². The minimum Gasteiger partial charge on any atom is -0.496 e. The van der Waals surface area contributed by atoms with Gasteiger partial charge in [0.05, 0.1) is 17.7 Å². The fourth-order valence-corrected chi connectivity index (χ4v) is 3.19. The maximum atomic E-state index is 12.2. The van der Waals surface area contributed by atoms with Crippen LogP contribution in [0.25, 0.3) is 6.08 Å². The normalized spacial score (nSPS) is 17.4. The molecule has 1 aliphatic heterocycles. The molecule has 24 heavy (non-hydrogen) atoms. The molecule has 1 saturated heterocycles. The fourth-order valence-electron chi connectivity index (χ4n) is 2.18. The summed E-state index contributed by atoms with van der Waals surface area (Å²) in [5, 5.41) is 3.91. The Morgan fingerprint density at radius 2 is 1.96 bits per heavy atom. The van der Waals surface area contributed by atoms with Crippen molar-refractivity contribution in [3.05, 3.63) is 63.5 Å². The lowest BCUT2D eigenvalue weighted by Gasteiger charge is -2.05. The molecule has 0 bridgehead atoms. The molecule has 0 atom stereocenters. The van der Waals surface area contributed by atoms with Crippen LogP contribution in [0.1, 0.15) is 11.1 Å². The molecule has 4 nitrogen and oxygen atoms in total. The number of carbonyl (C=O) groups excluding carboxylic acids is 1. The molecular formula is C18H15ClN2O2S. The number of methoxy groups -OCH3 is 1. The first-order valence-corrected chi connectivity index (χ1v) is 8.44. The van der Waals surface area contributed by atoms with Crippen LogP contribution in [0.4, 0.5) is 5.69 Å². The van der Waals surface area contributed by atoms with Crippen molar-refractivity contribution in [1.82, 2.24) is 5.32 Å². The van der Waals surface area contributed by atoms with Gasteiger partial charge >= 0.3 is 0 Å². The number of hydrogen-bond acceptors (Lipinski definition) is 4. The molecule has 0 aromatic heterocycles. The van der Waals surface area contributed by atoms with E-state index in [0.29, 0.717) is 20.8 Å². The Hall–Kier alpha value is -2.24. The van der Waals surface area contributed by atoms with Crippen LogP contribution >= 0.6 is 23.4 Å². The van der Waals surface area contributed by atoms with E-state index >= 15 is 0 Å². The second-order valence-electron chi connectivity index (χ2n) is 5.20. The third-order valence-corrected chi connectivity index (χ3v) is 4.54. The third kappa shape index (κ3) is 3.80. The highest BCUT2D eigenvalue weighted by Crippen LogP contribution is 2.31. The second-order valence-corrected chi connectivity index (χ2v) is 6.67. The van der Waals surface area contributed by atoms with Gasteiger partial charge in [0, 0.05) is 10.6 Å². The number of nitrogens with one attached hydrogen (secondary N) is 1. The smallest absolute Gasteiger partial charge is 0.264 e. The van der Waals surface area contributed by atoms with Crippen molar-refractivity contribution in [1.29, 1.82) is 0 Å². The van der Waals surface area contributed by atoms with Gasteiger partial charge in [0.15, 0.2) is 5.17 Å². The molecule has 0 radical (unpaired) electrons. The summed E-state index contributed by atoms with van der Waals surface area (Å²) < 4.78 is 5.31. The predicted octanol–water partition coefficient (Wildman–Crippen LogP) is 4.55. The van der Waals surface area contributed by atoms with Gasteiger partial charge < -0.3 is 10.1 Å². The van der Waals surface area contributed by atoms with Gasteiger partial charge in [-0.05, 0) is 55.1 Å². The van der Waals surface area contributed by atoms with Gasteiger partial charge in [-0.2, -0.15) is 0 Å². The zero-order chi connectivity index (χ0) is 17.1. The van der Waals surface area contributed by atoms with Gasteiger partial charge in [-0.1, -0.05) is 29.3 Å². The quantitative estimate of drug-likeness (QED) is 0.819. The molecule has 1 N–H and O–H groups in total. The lowest BCUT2D eigenvalue weighted by atomic mass is 10.2. The molecule has 2 aromatic carbocycles. The topological polar surface area (TPSA) is 50.7 Å². The lowest BCUT2D eigenvalue weighted by molar-refractivity contribution is -0.115. The van der Waals surface area contributed by atoms with E-state index in [1.165, 1.54) is 11.8 Å². The molecule has 0 aliphatic carbocycles. The number of aryl methyl sites for hydroxylation is 1. The van der Waals surface area contributed by atoms with Crippen molar-refractivity contribution in [3.8, 4) is 5.75 Å². The summed E-state index contributed by atoms with van der Waals surface area (Å²) in [7, 11) is 1.58. The summed E-state index contributed by atoms with van der Waals surface area (Å²) in [4.78, 5) is 17.2. The Labute approximate surface area is 149 Å². The van der Waals surface area contributed by atoms with Crippen LogP contribution < -0.4 is 10.1 Å². The van der Waals surface area contributed by atoms with Crippen LogP contribution in [0.3, 0.4) is 0 Å². The van der Waals surface area contributed by atoms with E-state index in [1.54, 1.807) is 31.4 Å². The number of thioether (sulfide) groups is 1. The molecule has 0 spiro atoms. The van der Waals surface area contributed by atoms with Crippen LogP contribution in [0.15, 0.2) is 52.4 Å². The first-order chi connectivity index (χ1) is 11.5. The number of rotatable bonds is 3. The van der Waals surface area contributed by atoms with E-state index in [1.807, 2.05) is 31.2 Å². The van der Waals surface area contributed by atoms with Gasteiger partial charge in [-0.3, -0.25) is 4.79 Å². The Balaban J connectivity index is 1.87. The third-order valence-electron chi connectivity index (χ3n) is 3.39. The first kappa shape index (κ1) is 16.6. The van der Waals surface area contributed by atoms with Crippen LogP contribution in [-0.2, 0) is 4.79 Å². The number of benzene rings is 2. The molecule has 1 amide bonds. The minimum absolute atomic E-state index is 0.187. The number of halogens is 1. The predicted molar refractivity (Wildman–Crippen MR) is 100.0 cm³/mol. The Kier molecular flexibility index (Phi) is 4.92. The molecule has 1 heterocycles. The van der Waals surface area contributed by atoms with Gasteiger partial charge in [0.1, 0.15) is 5.75 Å². The number of amidine groups is 1. The summed E-state index contributed by atoms with van der Waals surface area (Å²) in [6.07, 6.45) is 1.75. The van der Waals surface area contributed by atoms with Crippen molar-refractivity contribution in [2.75, 3.05) is 7.11 Å². The first-order valence-electron chi connectivity index (χ1n) is 7.25. The van der Waals surface area contributed by atoms with E-state index in [2.05, 4.69) is 10.3 Å². The lowest BCUT2D eigenvalue weighted by Crippen LogP contribution is -2.19. The van der Waals surface area contributed by atoms with Crippen LogP contribution in [-0.4, -0.2) is 18.2 Å². The average Bonchev–Trinajstić information content (AvgIpc) is 2.89. The van der Waals surface area contributed by atoms with Crippen LogP contribution in [0.2, 0.25) is 5.02 Å². The van der Waals surface area contributed by atoms with Gasteiger partial charge in [0.25, 0.3) is 5.91 Å². The number of ether oxygens (including phenoxy) is 1. The van der Waals surface area contributed by atoms with Gasteiger partial charge in [-0.25, -0.2) is 4.99 Å². The van der Waals surface area contributed by atoms with E-state index < -0.39 is 0 Å².